The van der Waals surface area contributed by atoms with Crippen LogP contribution in [0.1, 0.15) is 25.3 Å². The van der Waals surface area contributed by atoms with Crippen LogP contribution >= 0.6 is 15.9 Å². The van der Waals surface area contributed by atoms with Crippen molar-refractivity contribution in [2.45, 2.75) is 32.4 Å². The number of methoxy groups -OCH3 is 1. The fourth-order valence-electron chi connectivity index (χ4n) is 2.66. The zero-order valence-corrected chi connectivity index (χ0v) is 13.9. The molecule has 0 spiro atoms. The van der Waals surface area contributed by atoms with E-state index in [-0.39, 0.29) is 11.7 Å². The maximum Gasteiger partial charge on any atom is 0.217 e. The van der Waals surface area contributed by atoms with E-state index in [2.05, 4.69) is 26.1 Å². The van der Waals surface area contributed by atoms with Crippen LogP contribution in [-0.2, 0) is 11.3 Å². The van der Waals surface area contributed by atoms with Gasteiger partial charge in [-0.3, -0.25) is 9.69 Å². The normalized spacial score (nSPS) is 16.7. The van der Waals surface area contributed by atoms with Crippen molar-refractivity contribution in [3.63, 3.8) is 0 Å². The summed E-state index contributed by atoms with van der Waals surface area (Å²) in [5, 5.41) is 12.8. The zero-order valence-electron chi connectivity index (χ0n) is 12.4. The predicted molar refractivity (Wildman–Crippen MR) is 84.5 cm³/mol. The summed E-state index contributed by atoms with van der Waals surface area (Å²) in [4.78, 5) is 13.4. The molecule has 1 aromatic rings. The highest BCUT2D eigenvalue weighted by atomic mass is 79.9. The number of benzene rings is 1. The van der Waals surface area contributed by atoms with E-state index in [9.17, 15) is 9.90 Å². The lowest BCUT2D eigenvalue weighted by atomic mass is 10.0. The number of halogens is 1. The summed E-state index contributed by atoms with van der Waals surface area (Å²) >= 11 is 3.34. The highest BCUT2D eigenvalue weighted by Gasteiger charge is 2.20. The van der Waals surface area contributed by atoms with Crippen LogP contribution < -0.4 is 10.1 Å². The molecule has 0 aliphatic carbocycles. The van der Waals surface area contributed by atoms with E-state index in [0.717, 1.165) is 38.0 Å². The molecule has 0 bridgehead atoms. The smallest absolute Gasteiger partial charge is 0.217 e. The summed E-state index contributed by atoms with van der Waals surface area (Å²) in [6.45, 7) is 4.27. The van der Waals surface area contributed by atoms with Gasteiger partial charge in [0, 0.05) is 32.6 Å². The summed E-state index contributed by atoms with van der Waals surface area (Å²) in [6.07, 6.45) is 1.94. The maximum atomic E-state index is 11.1. The van der Waals surface area contributed by atoms with Gasteiger partial charge in [0.25, 0.3) is 0 Å². The number of hydrogen-bond donors (Lipinski definition) is 2. The predicted octanol–water partition coefficient (Wildman–Crippen LogP) is 2.26. The Morgan fingerprint density at radius 2 is 2.14 bits per heavy atom. The average Bonchev–Trinajstić information content (AvgIpc) is 2.44. The van der Waals surface area contributed by atoms with Gasteiger partial charge in [-0.05, 0) is 46.5 Å². The first-order chi connectivity index (χ1) is 9.99. The van der Waals surface area contributed by atoms with Gasteiger partial charge in [0.05, 0.1) is 11.6 Å². The van der Waals surface area contributed by atoms with Crippen molar-refractivity contribution >= 4 is 21.8 Å². The summed E-state index contributed by atoms with van der Waals surface area (Å²) < 4.78 is 5.81. The van der Waals surface area contributed by atoms with E-state index >= 15 is 0 Å². The number of carbonyl (C=O) groups excluding carboxylic acids is 1. The van der Waals surface area contributed by atoms with E-state index in [1.807, 2.05) is 12.1 Å². The van der Waals surface area contributed by atoms with Gasteiger partial charge in [-0.1, -0.05) is 0 Å². The van der Waals surface area contributed by atoms with Crippen LogP contribution in [0.5, 0.6) is 11.5 Å². The Balaban J connectivity index is 1.94. The molecule has 1 aliphatic rings. The van der Waals surface area contributed by atoms with E-state index in [1.165, 1.54) is 0 Å². The molecule has 1 amide bonds. The number of amides is 1. The van der Waals surface area contributed by atoms with Gasteiger partial charge in [-0.25, -0.2) is 0 Å². The van der Waals surface area contributed by atoms with Crippen LogP contribution in [0, 0.1) is 0 Å². The monoisotopic (exact) mass is 356 g/mol. The molecule has 0 radical (unpaired) electrons. The van der Waals surface area contributed by atoms with Crippen LogP contribution in [0.15, 0.2) is 16.6 Å². The largest absolute Gasteiger partial charge is 0.503 e. The van der Waals surface area contributed by atoms with Gasteiger partial charge >= 0.3 is 0 Å². The van der Waals surface area contributed by atoms with Gasteiger partial charge in [0.15, 0.2) is 11.5 Å². The molecule has 5 nitrogen and oxygen atoms in total. The zero-order chi connectivity index (χ0) is 15.4. The lowest BCUT2D eigenvalue weighted by Gasteiger charge is -2.32. The summed E-state index contributed by atoms with van der Waals surface area (Å²) in [5.74, 6) is 0.652. The Morgan fingerprint density at radius 3 is 2.71 bits per heavy atom. The molecule has 0 unspecified atom stereocenters. The summed E-state index contributed by atoms with van der Waals surface area (Å²) in [7, 11) is 1.55. The van der Waals surface area contributed by atoms with Crippen molar-refractivity contribution in [3.05, 3.63) is 22.2 Å². The number of phenols is 1. The fraction of sp³-hybridized carbons (Fsp3) is 0.533. The minimum atomic E-state index is 0.0423. The average molecular weight is 357 g/mol. The third-order valence-electron chi connectivity index (χ3n) is 3.71. The van der Waals surface area contributed by atoms with E-state index < -0.39 is 0 Å². The summed E-state index contributed by atoms with van der Waals surface area (Å²) in [5.41, 5.74) is 1.09. The molecule has 0 saturated carbocycles. The summed E-state index contributed by atoms with van der Waals surface area (Å²) in [6, 6.07) is 4.07. The van der Waals surface area contributed by atoms with E-state index in [4.69, 9.17) is 4.74 Å². The van der Waals surface area contributed by atoms with E-state index in [0.29, 0.717) is 16.3 Å². The molecule has 6 heteroatoms. The van der Waals surface area contributed by atoms with Crippen LogP contribution in [0.2, 0.25) is 0 Å². The standard InChI is InChI=1S/C15H21BrN2O3/c1-10(19)17-12-3-5-18(6-4-12)9-11-7-13(16)15(20)14(8-11)21-2/h7-8,12,20H,3-6,9H2,1-2H3,(H,17,19). The molecule has 1 heterocycles. The number of nitrogens with zero attached hydrogens (tertiary/aromatic N) is 1. The number of likely N-dealkylation sites (tertiary alicyclic amines) is 1. The Hall–Kier alpha value is -1.27. The second kappa shape index (κ2) is 7.13. The van der Waals surface area contributed by atoms with Crippen LogP contribution in [0.3, 0.4) is 0 Å². The molecule has 0 aromatic heterocycles. The van der Waals surface area contributed by atoms with Crippen molar-refractivity contribution in [3.8, 4) is 11.5 Å². The van der Waals surface area contributed by atoms with Crippen molar-refractivity contribution in [1.29, 1.82) is 0 Å². The van der Waals surface area contributed by atoms with E-state index in [1.54, 1.807) is 14.0 Å². The molecule has 1 saturated heterocycles. The van der Waals surface area contributed by atoms with Crippen LogP contribution in [0.4, 0.5) is 0 Å². The van der Waals surface area contributed by atoms with Crippen molar-refractivity contribution in [2.24, 2.45) is 0 Å². The molecule has 1 fully saturated rings. The number of rotatable bonds is 4. The Labute approximate surface area is 133 Å². The number of phenolic OH excluding ortho intramolecular Hbond substituents is 1. The number of nitrogens with one attached hydrogen (secondary N) is 1. The number of aromatic hydroxyl groups is 1. The quantitative estimate of drug-likeness (QED) is 0.868. The number of hydrogen-bond acceptors (Lipinski definition) is 4. The highest BCUT2D eigenvalue weighted by molar-refractivity contribution is 9.10. The highest BCUT2D eigenvalue weighted by Crippen LogP contribution is 2.35. The van der Waals surface area contributed by atoms with Gasteiger partial charge in [-0.2, -0.15) is 0 Å². The van der Waals surface area contributed by atoms with Gasteiger partial charge < -0.3 is 15.2 Å². The topological polar surface area (TPSA) is 61.8 Å². The third kappa shape index (κ3) is 4.35. The molecule has 2 N–H and O–H groups in total. The van der Waals surface area contributed by atoms with Gasteiger partial charge in [0.1, 0.15) is 0 Å². The first-order valence-corrected chi connectivity index (χ1v) is 7.83. The third-order valence-corrected chi connectivity index (χ3v) is 4.31. The molecule has 1 aliphatic heterocycles. The lowest BCUT2D eigenvalue weighted by Crippen LogP contribution is -2.43. The second-order valence-electron chi connectivity index (χ2n) is 5.38. The number of carbonyl (C=O) groups is 1. The van der Waals surface area contributed by atoms with Crippen molar-refractivity contribution in [1.82, 2.24) is 10.2 Å². The molecule has 0 atom stereocenters. The molecule has 1 aromatic carbocycles. The first kappa shape index (κ1) is 16.1. The minimum Gasteiger partial charge on any atom is -0.503 e. The van der Waals surface area contributed by atoms with Gasteiger partial charge in [0.2, 0.25) is 5.91 Å². The maximum absolute atomic E-state index is 11.1. The first-order valence-electron chi connectivity index (χ1n) is 7.04. The fourth-order valence-corrected chi connectivity index (χ4v) is 3.14. The van der Waals surface area contributed by atoms with Crippen LogP contribution in [0.25, 0.3) is 0 Å². The SMILES string of the molecule is COc1cc(CN2CCC(NC(C)=O)CC2)cc(Br)c1O. The van der Waals surface area contributed by atoms with Crippen molar-refractivity contribution < 1.29 is 14.6 Å². The molecule has 116 valence electrons. The Bertz CT molecular complexity index is 514. The van der Waals surface area contributed by atoms with Gasteiger partial charge in [-0.15, -0.1) is 0 Å². The minimum absolute atomic E-state index is 0.0423. The van der Waals surface area contributed by atoms with Crippen molar-refractivity contribution in [2.75, 3.05) is 20.2 Å². The van der Waals surface area contributed by atoms with Crippen LogP contribution in [-0.4, -0.2) is 42.2 Å². The molecule has 21 heavy (non-hydrogen) atoms. The second-order valence-corrected chi connectivity index (χ2v) is 6.23. The molecule has 2 rings (SSSR count). The number of piperidine rings is 1. The number of ether oxygens (including phenoxy) is 1. The Kier molecular flexibility index (Phi) is 5.47. The molecular weight excluding hydrogens is 336 g/mol. The molecular formula is C15H21BrN2O3. The Morgan fingerprint density at radius 1 is 1.48 bits per heavy atom. The lowest BCUT2D eigenvalue weighted by molar-refractivity contribution is -0.119.